The molecule has 2 bridgehead atoms. The molecule has 3 aromatic heterocycles. The molecule has 33 nitrogen and oxygen atoms in total. The summed E-state index contributed by atoms with van der Waals surface area (Å²) in [5.74, 6) is -7.51. The minimum absolute atomic E-state index is 0.000304. The number of fused-ring (bicyclic) bond motifs is 5. The number of hydrogen-bond donors (Lipinski definition) is 7. The number of piperidine rings is 1. The van der Waals surface area contributed by atoms with E-state index in [4.69, 9.17) is 99.5 Å². The van der Waals surface area contributed by atoms with E-state index in [0.29, 0.717) is 216 Å². The van der Waals surface area contributed by atoms with Crippen LogP contribution in [0.3, 0.4) is 0 Å². The first-order valence-corrected chi connectivity index (χ1v) is 44.4. The average Bonchev–Trinajstić information content (AvgIpc) is 1.71. The largest absolute Gasteiger partial charge is 0.465 e. The normalized spacial score (nSPS) is 27.2. The molecule has 9 rings (SSSR count). The van der Waals surface area contributed by atoms with E-state index in [-0.39, 0.29) is 85.3 Å². The SMILES string of the molecule is CO[C@H]1C[C@@H]2CC[C@@H](C)[C@@](O)(O2)C(=O)C(=O)N2CCCC[C@H]2C(=O)O[C@H]([C@H](C)C[C@@H]2CCC(OC(=S)NCCOCCOCCOCCOCCOCCOCCOCCOCCC(=O)NCc3ccc(Cn4nc(-c5ccc6oc(N)nc6c5)c5c(N)ncnc54)cc3)[C@H](OC)C2)C[C@@H](O)[C@H](C)/C=C(\C)[C@@H](O)[C@@H](OC)C(=O)[C@H](C)C[C@H](C)/C=C/C=C/C=C/1C. The Kier molecular flexibility index (Phi) is 42.1. The third-order valence-electron chi connectivity index (χ3n) is 23.6. The molecule has 16 atom stereocenters. The van der Waals surface area contributed by atoms with Gasteiger partial charge in [-0.1, -0.05) is 95.3 Å². The summed E-state index contributed by atoms with van der Waals surface area (Å²) in [5.41, 5.74) is 18.4. The number of anilines is 2. The van der Waals surface area contributed by atoms with E-state index in [9.17, 15) is 39.3 Å². The van der Waals surface area contributed by atoms with Crippen molar-refractivity contribution < 1.29 is 110 Å². The number of methoxy groups -OCH3 is 3. The fourth-order valence-electron chi connectivity index (χ4n) is 16.2. The molecule has 3 aliphatic heterocycles. The van der Waals surface area contributed by atoms with Crippen molar-refractivity contribution in [2.24, 2.45) is 35.5 Å². The molecule has 4 aliphatic rings. The van der Waals surface area contributed by atoms with Gasteiger partial charge in [-0.3, -0.25) is 19.2 Å². The van der Waals surface area contributed by atoms with Crippen molar-refractivity contribution >= 4 is 80.7 Å². The van der Waals surface area contributed by atoms with Crippen molar-refractivity contribution in [1.29, 1.82) is 0 Å². The maximum atomic E-state index is 14.8. The molecular weight excluding hydrogens is 1630 g/mol. The van der Waals surface area contributed by atoms with Gasteiger partial charge in [0.2, 0.25) is 11.7 Å². The minimum Gasteiger partial charge on any atom is -0.465 e. The number of nitrogens with two attached hydrogens (primary N) is 2. The number of nitrogens with zero attached hydrogens (tertiary/aromatic N) is 6. The third kappa shape index (κ3) is 31.1. The number of rotatable bonds is 39. The third-order valence-corrected chi connectivity index (χ3v) is 23.8. The second-order valence-corrected chi connectivity index (χ2v) is 33.4. The number of carbonyl (C=O) groups is 5. The molecule has 1 aliphatic carbocycles. The molecule has 9 N–H and O–H groups in total. The number of esters is 1. The summed E-state index contributed by atoms with van der Waals surface area (Å²) in [6.07, 6.45) is 12.1. The van der Waals surface area contributed by atoms with Crippen LogP contribution in [0.4, 0.5) is 11.8 Å². The van der Waals surface area contributed by atoms with Gasteiger partial charge in [0.1, 0.15) is 53.8 Å². The van der Waals surface area contributed by atoms with Crippen LogP contribution in [0.2, 0.25) is 0 Å². The molecule has 6 heterocycles. The first kappa shape index (κ1) is 101. The number of allylic oxidation sites excluding steroid dienone is 5. The van der Waals surface area contributed by atoms with Crippen LogP contribution >= 0.6 is 12.2 Å². The maximum Gasteiger partial charge on any atom is 0.329 e. The molecule has 3 fully saturated rings. The van der Waals surface area contributed by atoms with Gasteiger partial charge in [-0.25, -0.2) is 19.4 Å². The minimum atomic E-state index is -2.46. The Morgan fingerprint density at radius 1 is 0.704 bits per heavy atom. The van der Waals surface area contributed by atoms with E-state index < -0.39 is 83.9 Å². The highest BCUT2D eigenvalue weighted by Crippen LogP contribution is 2.40. The van der Waals surface area contributed by atoms with Gasteiger partial charge in [-0.15, -0.1) is 0 Å². The summed E-state index contributed by atoms with van der Waals surface area (Å²) < 4.78 is 88.8. The number of oxazole rings is 1. The highest BCUT2D eigenvalue weighted by Gasteiger charge is 2.53. The molecule has 2 aromatic carbocycles. The number of nitrogens with one attached hydrogen (secondary N) is 2. The number of amides is 2. The Hall–Kier alpha value is -8.14. The zero-order valence-corrected chi connectivity index (χ0v) is 75.1. The fourth-order valence-corrected chi connectivity index (χ4v) is 16.5. The van der Waals surface area contributed by atoms with Gasteiger partial charge >= 0.3 is 5.97 Å². The standard InChI is InChI=1S/C91H134N10O23S/c1-58-16-12-11-13-17-59(2)75(110-8)53-69-26-19-64(7)91(109,124-69)84(106)87(107)100-31-15-14-18-71(100)88(108)121-76(54-72(102)60(3)49-63(6)82(105)83(112-10)81(104)62(5)48-58)61(4)50-67-24-27-74(77(51-67)111-9)123-90(125)94-30-33-114-35-37-116-39-41-118-43-45-120-47-46-119-44-42-117-40-38-115-36-34-113-32-29-78(103)95-55-65-20-22-66(23-21-65)56-101-86-79(85(92)96-57-97-86)80(99-101)68-25-28-73-70(52-68)98-89(93)122-73/h11-13,16-17,20-23,25,28,49,52,57-58,60-62,64,67,69,71-72,74-77,82-83,102,105,109H,14-15,18-19,24,26-27,29-48,50-51,53-56H2,1-10H3,(H2,93,98)(H,94,125)(H,95,103)(H2,92,96,97)/b13-11+,16-12+,59-17+,63-49+/t58-,60-,61-,62-,64-,67+,69+,71+,72-,74?,75+,76+,77-,82-,83+,91-/m1/s1. The predicted molar refractivity (Wildman–Crippen MR) is 471 cm³/mol. The first-order valence-electron chi connectivity index (χ1n) is 44.0. The zero-order valence-electron chi connectivity index (χ0n) is 74.3. The summed E-state index contributed by atoms with van der Waals surface area (Å²) in [5, 5.41) is 47.7. The molecule has 2 amide bonds. The number of ether oxygens (including phenoxy) is 14. The number of nitrogen functional groups attached to an aromatic ring is 2. The predicted octanol–water partition coefficient (Wildman–Crippen LogP) is 8.87. The highest BCUT2D eigenvalue weighted by atomic mass is 32.1. The second kappa shape index (κ2) is 52.4. The van der Waals surface area contributed by atoms with Crippen molar-refractivity contribution in [2.45, 2.75) is 206 Å². The van der Waals surface area contributed by atoms with Crippen LogP contribution in [0.5, 0.6) is 0 Å². The number of benzene rings is 2. The van der Waals surface area contributed by atoms with Crippen molar-refractivity contribution in [3.63, 3.8) is 0 Å². The molecule has 0 radical (unpaired) electrons. The first-order chi connectivity index (χ1) is 60.3. The Bertz CT molecular complexity index is 4320. The Morgan fingerprint density at radius 2 is 1.35 bits per heavy atom. The van der Waals surface area contributed by atoms with Gasteiger partial charge < -0.3 is 113 Å². The van der Waals surface area contributed by atoms with E-state index in [0.717, 1.165) is 28.7 Å². The van der Waals surface area contributed by atoms with E-state index in [1.165, 1.54) is 18.3 Å². The number of aliphatic hydroxyl groups is 3. The van der Waals surface area contributed by atoms with Crippen molar-refractivity contribution in [2.75, 3.05) is 152 Å². The number of aromatic nitrogens is 5. The van der Waals surface area contributed by atoms with Crippen molar-refractivity contribution in [1.82, 2.24) is 40.3 Å². The van der Waals surface area contributed by atoms with E-state index in [1.54, 1.807) is 51.8 Å². The Morgan fingerprint density at radius 3 is 2.00 bits per heavy atom. The number of aliphatic hydroxyl groups excluding tert-OH is 2. The van der Waals surface area contributed by atoms with Gasteiger partial charge in [-0.05, 0) is 148 Å². The number of thiocarbonyl (C=S) groups is 1. The topological polar surface area (TPSA) is 424 Å². The maximum absolute atomic E-state index is 14.8. The fraction of sp³-hybridized carbons (Fsp3) is 0.648. The van der Waals surface area contributed by atoms with E-state index in [2.05, 4.69) is 25.6 Å². The van der Waals surface area contributed by atoms with Crippen LogP contribution < -0.4 is 22.1 Å². The number of carbonyl (C=O) groups excluding carboxylic acids is 5. The van der Waals surface area contributed by atoms with E-state index in [1.807, 2.05) is 94.5 Å². The molecule has 1 saturated carbocycles. The van der Waals surface area contributed by atoms with Crippen LogP contribution in [0.1, 0.15) is 143 Å². The molecule has 692 valence electrons. The number of cyclic esters (lactones) is 1. The average molecular weight is 1770 g/mol. The Labute approximate surface area is 739 Å². The van der Waals surface area contributed by atoms with E-state index >= 15 is 0 Å². The van der Waals surface area contributed by atoms with Crippen LogP contribution in [-0.2, 0) is 103 Å². The van der Waals surface area contributed by atoms with Crippen LogP contribution in [0.15, 0.2) is 101 Å². The molecule has 0 spiro atoms. The smallest absolute Gasteiger partial charge is 0.329 e. The Balaban J connectivity index is 0.595. The molecule has 125 heavy (non-hydrogen) atoms. The van der Waals surface area contributed by atoms with Gasteiger partial charge in [-0.2, -0.15) is 10.1 Å². The molecular formula is C91H134N10O23S. The summed E-state index contributed by atoms with van der Waals surface area (Å²) in [6, 6.07) is 12.3. The van der Waals surface area contributed by atoms with Crippen LogP contribution in [-0.4, -0.2) is 280 Å². The lowest BCUT2D eigenvalue weighted by atomic mass is 9.78. The second-order valence-electron chi connectivity index (χ2n) is 33.0. The lowest BCUT2D eigenvalue weighted by molar-refractivity contribution is -0.265. The summed E-state index contributed by atoms with van der Waals surface area (Å²) in [4.78, 5) is 84.5. The zero-order chi connectivity index (χ0) is 89.8. The highest BCUT2D eigenvalue weighted by molar-refractivity contribution is 7.80. The van der Waals surface area contributed by atoms with Gasteiger partial charge in [0.05, 0.1) is 142 Å². The molecule has 2 saturated heterocycles. The summed E-state index contributed by atoms with van der Waals surface area (Å²) in [7, 11) is 4.60. The van der Waals surface area contributed by atoms with Crippen molar-refractivity contribution in [3.8, 4) is 11.3 Å². The quantitative estimate of drug-likeness (QED) is 0.00634. The van der Waals surface area contributed by atoms with Gasteiger partial charge in [0, 0.05) is 83.5 Å². The lowest BCUT2D eigenvalue weighted by Crippen LogP contribution is -2.61. The van der Waals surface area contributed by atoms with Crippen LogP contribution in [0.25, 0.3) is 33.4 Å². The van der Waals surface area contributed by atoms with Crippen molar-refractivity contribution in [3.05, 3.63) is 108 Å². The van der Waals surface area contributed by atoms with Crippen LogP contribution in [0, 0.1) is 35.5 Å². The van der Waals surface area contributed by atoms with Gasteiger partial charge in [0.15, 0.2) is 17.0 Å². The summed E-state index contributed by atoms with van der Waals surface area (Å²) >= 11 is 5.62. The number of Topliss-reactive ketones (excluding diaryl/α,β-unsaturated/α-hetero) is 2. The monoisotopic (exact) mass is 1770 g/mol. The van der Waals surface area contributed by atoms with Gasteiger partial charge in [0.25, 0.3) is 22.9 Å². The summed E-state index contributed by atoms with van der Waals surface area (Å²) in [6.45, 7) is 20.3. The molecule has 1 unspecified atom stereocenters. The number of ketones is 2. The molecule has 5 aromatic rings. The number of hydrogen-bond acceptors (Lipinski definition) is 30. The lowest BCUT2D eigenvalue weighted by Gasteiger charge is -2.43. The molecule has 34 heteroatoms.